The van der Waals surface area contributed by atoms with E-state index in [0.717, 1.165) is 10.2 Å². The van der Waals surface area contributed by atoms with Crippen molar-refractivity contribution in [2.45, 2.75) is 0 Å². The predicted molar refractivity (Wildman–Crippen MR) is 95.9 cm³/mol. The molecule has 23 heavy (non-hydrogen) atoms. The first-order chi connectivity index (χ1) is 11.1. The van der Waals surface area contributed by atoms with Crippen LogP contribution in [0.1, 0.15) is 0 Å². The first-order valence-electron chi connectivity index (χ1n) is 6.78. The molecule has 0 aliphatic rings. The van der Waals surface area contributed by atoms with Crippen molar-refractivity contribution < 1.29 is 9.53 Å². The van der Waals surface area contributed by atoms with Gasteiger partial charge < -0.3 is 15.4 Å². The number of amides is 2. The maximum atomic E-state index is 11.6. The van der Waals surface area contributed by atoms with Crippen LogP contribution in [0, 0.1) is 11.8 Å². The Bertz CT molecular complexity index is 741. The maximum Gasteiger partial charge on any atom is 0.319 e. The van der Waals surface area contributed by atoms with Crippen LogP contribution >= 0.6 is 27.5 Å². The molecule has 0 fully saturated rings. The molecule has 2 aromatic carbocycles. The number of nitrogens with one attached hydrogen (secondary N) is 2. The number of carbonyl (C=O) groups is 1. The molecule has 0 radical (unpaired) electrons. The molecule has 0 heterocycles. The lowest BCUT2D eigenvalue weighted by molar-refractivity contribution is 0.253. The Hall–Kier alpha value is -2.16. The van der Waals surface area contributed by atoms with Gasteiger partial charge in [0.15, 0.2) is 0 Å². The van der Waals surface area contributed by atoms with Crippen LogP contribution in [0.4, 0.5) is 10.5 Å². The van der Waals surface area contributed by atoms with Gasteiger partial charge in [0.2, 0.25) is 0 Å². The van der Waals surface area contributed by atoms with Gasteiger partial charge in [-0.3, -0.25) is 0 Å². The van der Waals surface area contributed by atoms with Crippen LogP contribution in [-0.2, 0) is 0 Å². The van der Waals surface area contributed by atoms with E-state index >= 15 is 0 Å². The number of hydrogen-bond donors (Lipinski definition) is 2. The van der Waals surface area contributed by atoms with Crippen molar-refractivity contribution in [2.75, 3.05) is 18.5 Å². The van der Waals surface area contributed by atoms with Gasteiger partial charge in [-0.05, 0) is 36.4 Å². The molecule has 0 saturated carbocycles. The number of benzene rings is 2. The second kappa shape index (κ2) is 9.09. The Kier molecular flexibility index (Phi) is 6.79. The molecule has 2 amide bonds. The summed E-state index contributed by atoms with van der Waals surface area (Å²) in [6.07, 6.45) is 0. The molecule has 0 spiro atoms. The minimum Gasteiger partial charge on any atom is -0.481 e. The molecule has 0 saturated heterocycles. The minimum absolute atomic E-state index is 0.230. The average Bonchev–Trinajstić information content (AvgIpc) is 2.51. The Labute approximate surface area is 148 Å². The Balaban J connectivity index is 1.68. The number of anilines is 1. The maximum absolute atomic E-state index is 11.6. The van der Waals surface area contributed by atoms with E-state index in [0.29, 0.717) is 10.7 Å². The summed E-state index contributed by atoms with van der Waals surface area (Å²) in [5, 5.41) is 5.86. The molecular weight excluding hydrogens is 380 g/mol. The van der Waals surface area contributed by atoms with Gasteiger partial charge in [0.1, 0.15) is 12.4 Å². The average molecular weight is 394 g/mol. The molecule has 0 aromatic heterocycles. The van der Waals surface area contributed by atoms with E-state index < -0.39 is 0 Å². The summed E-state index contributed by atoms with van der Waals surface area (Å²) >= 11 is 9.20. The highest BCUT2D eigenvalue weighted by atomic mass is 79.9. The van der Waals surface area contributed by atoms with Gasteiger partial charge in [0, 0.05) is 15.2 Å². The Morgan fingerprint density at radius 3 is 2.78 bits per heavy atom. The van der Waals surface area contributed by atoms with Gasteiger partial charge in [-0.25, -0.2) is 4.79 Å². The number of hydrogen-bond acceptors (Lipinski definition) is 2. The van der Waals surface area contributed by atoms with Crippen molar-refractivity contribution in [3.8, 4) is 17.6 Å². The van der Waals surface area contributed by atoms with Crippen molar-refractivity contribution in [2.24, 2.45) is 0 Å². The van der Waals surface area contributed by atoms with Gasteiger partial charge in [-0.15, -0.1) is 0 Å². The molecule has 118 valence electrons. The number of ether oxygens (including phenoxy) is 1. The lowest BCUT2D eigenvalue weighted by atomic mass is 10.3. The fourth-order valence-electron chi connectivity index (χ4n) is 1.66. The quantitative estimate of drug-likeness (QED) is 0.761. The van der Waals surface area contributed by atoms with Gasteiger partial charge >= 0.3 is 6.03 Å². The Morgan fingerprint density at radius 1 is 1.17 bits per heavy atom. The summed E-state index contributed by atoms with van der Waals surface area (Å²) in [4.78, 5) is 11.6. The van der Waals surface area contributed by atoms with Crippen LogP contribution in [0.15, 0.2) is 53.0 Å². The molecule has 2 N–H and O–H groups in total. The molecular formula is C17H14BrClN2O2. The molecule has 0 unspecified atom stereocenters. The van der Waals surface area contributed by atoms with Crippen LogP contribution in [-0.4, -0.2) is 19.2 Å². The second-order valence-corrected chi connectivity index (χ2v) is 5.77. The third kappa shape index (κ3) is 6.64. The number of carbonyl (C=O) groups excluding carboxylic acids is 1. The largest absolute Gasteiger partial charge is 0.481 e. The van der Waals surface area contributed by atoms with Crippen molar-refractivity contribution in [1.29, 1.82) is 0 Å². The van der Waals surface area contributed by atoms with Crippen LogP contribution in [0.2, 0.25) is 5.02 Å². The summed E-state index contributed by atoms with van der Waals surface area (Å²) < 4.78 is 6.40. The van der Waals surface area contributed by atoms with Crippen LogP contribution in [0.25, 0.3) is 0 Å². The van der Waals surface area contributed by atoms with E-state index in [2.05, 4.69) is 38.4 Å². The zero-order valence-electron chi connectivity index (χ0n) is 12.1. The zero-order valence-corrected chi connectivity index (χ0v) is 14.4. The standard InChI is InChI=1S/C17H14BrClN2O2/c18-13-5-3-8-16(11-13)23-10-2-1-9-20-17(22)21-15-7-4-6-14(19)12-15/h3-8,11-12H,9-10H2,(H2,20,21,22). The third-order valence-corrected chi connectivity index (χ3v) is 3.38. The van der Waals surface area contributed by atoms with Crippen molar-refractivity contribution in [3.05, 3.63) is 58.0 Å². The SMILES string of the molecule is O=C(NCC#CCOc1cccc(Br)c1)Nc1cccc(Cl)c1. The summed E-state index contributed by atoms with van der Waals surface area (Å²) in [6.45, 7) is 0.488. The lowest BCUT2D eigenvalue weighted by Gasteiger charge is -2.05. The summed E-state index contributed by atoms with van der Waals surface area (Å²) in [6, 6.07) is 14.1. The van der Waals surface area contributed by atoms with Crippen LogP contribution in [0.5, 0.6) is 5.75 Å². The van der Waals surface area contributed by atoms with E-state index in [1.165, 1.54) is 0 Å². The summed E-state index contributed by atoms with van der Waals surface area (Å²) in [5.74, 6) is 6.38. The molecule has 2 aromatic rings. The molecule has 6 heteroatoms. The van der Waals surface area contributed by atoms with E-state index in [9.17, 15) is 4.79 Å². The van der Waals surface area contributed by atoms with Crippen molar-refractivity contribution in [1.82, 2.24) is 5.32 Å². The zero-order chi connectivity index (χ0) is 16.5. The van der Waals surface area contributed by atoms with Crippen molar-refractivity contribution in [3.63, 3.8) is 0 Å². The Morgan fingerprint density at radius 2 is 2.00 bits per heavy atom. The predicted octanol–water partition coefficient (Wildman–Crippen LogP) is 4.31. The molecule has 0 aliphatic heterocycles. The fourth-order valence-corrected chi connectivity index (χ4v) is 2.22. The molecule has 2 rings (SSSR count). The number of urea groups is 1. The van der Waals surface area contributed by atoms with Crippen molar-refractivity contribution >= 4 is 39.2 Å². The van der Waals surface area contributed by atoms with E-state index in [1.54, 1.807) is 24.3 Å². The van der Waals surface area contributed by atoms with Crippen LogP contribution in [0.3, 0.4) is 0 Å². The monoisotopic (exact) mass is 392 g/mol. The first kappa shape index (κ1) is 17.2. The minimum atomic E-state index is -0.338. The highest BCUT2D eigenvalue weighted by Gasteiger charge is 1.99. The smallest absolute Gasteiger partial charge is 0.319 e. The van der Waals surface area contributed by atoms with Gasteiger partial charge in [-0.1, -0.05) is 51.5 Å². The van der Waals surface area contributed by atoms with Gasteiger partial charge in [0.05, 0.1) is 6.54 Å². The normalized spacial score (nSPS) is 9.48. The molecule has 0 atom stereocenters. The van der Waals surface area contributed by atoms with Gasteiger partial charge in [-0.2, -0.15) is 0 Å². The number of rotatable bonds is 4. The van der Waals surface area contributed by atoms with Gasteiger partial charge in [0.25, 0.3) is 0 Å². The third-order valence-electron chi connectivity index (χ3n) is 2.65. The highest BCUT2D eigenvalue weighted by Crippen LogP contribution is 2.17. The van der Waals surface area contributed by atoms with Crippen LogP contribution < -0.4 is 15.4 Å². The summed E-state index contributed by atoms with van der Waals surface area (Å²) in [7, 11) is 0. The molecule has 0 bridgehead atoms. The topological polar surface area (TPSA) is 50.4 Å². The highest BCUT2D eigenvalue weighted by molar-refractivity contribution is 9.10. The van der Waals surface area contributed by atoms with E-state index in [1.807, 2.05) is 24.3 Å². The van der Waals surface area contributed by atoms with E-state index in [4.69, 9.17) is 16.3 Å². The fraction of sp³-hybridized carbons (Fsp3) is 0.118. The van der Waals surface area contributed by atoms with E-state index in [-0.39, 0.29) is 19.2 Å². The summed E-state index contributed by atoms with van der Waals surface area (Å²) in [5.41, 5.74) is 0.626. The lowest BCUT2D eigenvalue weighted by Crippen LogP contribution is -2.28. The number of halogens is 2. The molecule has 4 nitrogen and oxygen atoms in total. The second-order valence-electron chi connectivity index (χ2n) is 4.42. The molecule has 0 aliphatic carbocycles. The first-order valence-corrected chi connectivity index (χ1v) is 7.95.